The molecule has 0 atom stereocenters. The van der Waals surface area contributed by atoms with Crippen molar-refractivity contribution in [1.29, 1.82) is 0 Å². The van der Waals surface area contributed by atoms with E-state index in [1.165, 1.54) is 18.4 Å². The average Bonchev–Trinajstić information content (AvgIpc) is 1.96. The molecule has 5 N–H and O–H groups in total. The van der Waals surface area contributed by atoms with Crippen LogP contribution in [0.5, 0.6) is 0 Å². The van der Waals surface area contributed by atoms with Gasteiger partial charge in [-0.3, -0.25) is 0 Å². The van der Waals surface area contributed by atoms with E-state index in [2.05, 4.69) is 5.32 Å². The Bertz CT molecular complexity index is 228. The van der Waals surface area contributed by atoms with Crippen molar-refractivity contribution < 1.29 is 10.2 Å². The zero-order valence-electron chi connectivity index (χ0n) is 5.20. The van der Waals surface area contributed by atoms with E-state index in [0.717, 1.165) is 0 Å². The molecule has 0 fully saturated rings. The maximum Gasteiger partial charge on any atom is 0.231 e. The van der Waals surface area contributed by atoms with Crippen molar-refractivity contribution in [2.75, 3.05) is 0 Å². The minimum absolute atomic E-state index is 0.262. The summed E-state index contributed by atoms with van der Waals surface area (Å²) in [6, 6.07) is 0. The Morgan fingerprint density at radius 2 is 2.10 bits per heavy atom. The normalized spacial score (nSPS) is 17.8. The molecule has 1 aliphatic heterocycles. The second-order valence-corrected chi connectivity index (χ2v) is 1.86. The topological polar surface area (TPSA) is 78.5 Å². The predicted octanol–water partition coefficient (Wildman–Crippen LogP) is 0.231. The third kappa shape index (κ3) is 1.22. The molecular formula is C6H8N2O2. The highest BCUT2D eigenvalue weighted by Crippen LogP contribution is 2.02. The van der Waals surface area contributed by atoms with Crippen molar-refractivity contribution in [2.45, 2.75) is 0 Å². The number of aliphatic hydroxyl groups excluding tert-OH is 2. The number of aliphatic hydroxyl groups is 2. The largest absolute Gasteiger partial charge is 0.503 e. The van der Waals surface area contributed by atoms with Crippen LogP contribution in [0.3, 0.4) is 0 Å². The molecule has 1 rings (SSSR count). The highest BCUT2D eigenvalue weighted by molar-refractivity contribution is 5.28. The van der Waals surface area contributed by atoms with E-state index in [-0.39, 0.29) is 11.6 Å². The van der Waals surface area contributed by atoms with Crippen LogP contribution in [0, 0.1) is 0 Å². The van der Waals surface area contributed by atoms with E-state index in [9.17, 15) is 0 Å². The van der Waals surface area contributed by atoms with E-state index in [4.69, 9.17) is 15.9 Å². The molecule has 0 aliphatic carbocycles. The van der Waals surface area contributed by atoms with Crippen LogP contribution in [0.1, 0.15) is 0 Å². The summed E-state index contributed by atoms with van der Waals surface area (Å²) < 4.78 is 0. The Kier molecular flexibility index (Phi) is 1.53. The van der Waals surface area contributed by atoms with Crippen LogP contribution in [-0.4, -0.2) is 10.2 Å². The van der Waals surface area contributed by atoms with E-state index in [1.807, 2.05) is 0 Å². The molecule has 0 aromatic heterocycles. The number of allylic oxidation sites excluding steroid dienone is 2. The van der Waals surface area contributed by atoms with Crippen molar-refractivity contribution in [1.82, 2.24) is 5.32 Å². The molecule has 1 aliphatic rings. The highest BCUT2D eigenvalue weighted by atomic mass is 16.3. The first-order valence-electron chi connectivity index (χ1n) is 2.72. The second-order valence-electron chi connectivity index (χ2n) is 1.86. The lowest BCUT2D eigenvalue weighted by Gasteiger charge is -1.96. The lowest BCUT2D eigenvalue weighted by Crippen LogP contribution is -2.04. The summed E-state index contributed by atoms with van der Waals surface area (Å²) in [5, 5.41) is 20.1. The molecule has 1 heterocycles. The summed E-state index contributed by atoms with van der Waals surface area (Å²) in [4.78, 5) is 0. The minimum atomic E-state index is -0.295. The summed E-state index contributed by atoms with van der Waals surface area (Å²) >= 11 is 0. The van der Waals surface area contributed by atoms with E-state index < -0.39 is 0 Å². The Balaban J connectivity index is 2.96. The van der Waals surface area contributed by atoms with Gasteiger partial charge in [0.25, 0.3) is 0 Å². The molecule has 0 unspecified atom stereocenters. The molecule has 0 aromatic rings. The maximum absolute atomic E-state index is 8.90. The SMILES string of the molecule is NC1=CC(O)=C(O)NC=C1. The van der Waals surface area contributed by atoms with Gasteiger partial charge in [0.1, 0.15) is 0 Å². The van der Waals surface area contributed by atoms with E-state index in [0.29, 0.717) is 5.70 Å². The fraction of sp³-hybridized carbons (Fsp3) is 0. The van der Waals surface area contributed by atoms with Gasteiger partial charge in [0, 0.05) is 18.0 Å². The molecule has 0 amide bonds. The van der Waals surface area contributed by atoms with Gasteiger partial charge in [-0.1, -0.05) is 0 Å². The molecule has 4 nitrogen and oxygen atoms in total. The van der Waals surface area contributed by atoms with Crippen LogP contribution in [0.4, 0.5) is 0 Å². The van der Waals surface area contributed by atoms with Crippen molar-refractivity contribution in [2.24, 2.45) is 5.73 Å². The highest BCUT2D eigenvalue weighted by Gasteiger charge is 2.01. The van der Waals surface area contributed by atoms with Gasteiger partial charge in [-0.15, -0.1) is 0 Å². The van der Waals surface area contributed by atoms with Crippen LogP contribution >= 0.6 is 0 Å². The van der Waals surface area contributed by atoms with Gasteiger partial charge in [-0.05, 0) is 6.08 Å². The van der Waals surface area contributed by atoms with Gasteiger partial charge in [0.05, 0.1) is 0 Å². The van der Waals surface area contributed by atoms with Crippen LogP contribution in [0.25, 0.3) is 0 Å². The summed E-state index contributed by atoms with van der Waals surface area (Å²) in [5.74, 6) is -0.556. The number of nitrogens with two attached hydrogens (primary N) is 1. The summed E-state index contributed by atoms with van der Waals surface area (Å²) in [6.07, 6.45) is 4.22. The maximum atomic E-state index is 8.90. The molecule has 4 heteroatoms. The monoisotopic (exact) mass is 140 g/mol. The van der Waals surface area contributed by atoms with E-state index in [1.54, 1.807) is 0 Å². The fourth-order valence-electron chi connectivity index (χ4n) is 0.565. The molecule has 0 saturated heterocycles. The Morgan fingerprint density at radius 3 is 2.80 bits per heavy atom. The van der Waals surface area contributed by atoms with Crippen molar-refractivity contribution in [3.8, 4) is 0 Å². The molecule has 0 spiro atoms. The molecule has 0 saturated carbocycles. The van der Waals surface area contributed by atoms with Crippen LogP contribution in [-0.2, 0) is 0 Å². The Labute approximate surface area is 58.0 Å². The van der Waals surface area contributed by atoms with Gasteiger partial charge >= 0.3 is 0 Å². The van der Waals surface area contributed by atoms with Crippen molar-refractivity contribution in [3.63, 3.8) is 0 Å². The van der Waals surface area contributed by atoms with Crippen LogP contribution in [0.2, 0.25) is 0 Å². The quantitative estimate of drug-likeness (QED) is 0.388. The van der Waals surface area contributed by atoms with Gasteiger partial charge in [0.15, 0.2) is 5.76 Å². The van der Waals surface area contributed by atoms with Gasteiger partial charge in [-0.2, -0.15) is 0 Å². The first kappa shape index (κ1) is 6.54. The first-order valence-corrected chi connectivity index (χ1v) is 2.72. The standard InChI is InChI=1S/C6H8N2O2/c7-4-1-2-8-6(10)5(9)3-4/h1-3,8-10H,7H2. The molecular weight excluding hydrogens is 132 g/mol. The molecule has 0 radical (unpaired) electrons. The zero-order chi connectivity index (χ0) is 7.56. The second kappa shape index (κ2) is 2.34. The van der Waals surface area contributed by atoms with E-state index >= 15 is 0 Å². The smallest absolute Gasteiger partial charge is 0.231 e. The first-order chi connectivity index (χ1) is 4.70. The van der Waals surface area contributed by atoms with Crippen molar-refractivity contribution in [3.05, 3.63) is 35.7 Å². The molecule has 0 bridgehead atoms. The number of nitrogens with one attached hydrogen (secondary N) is 1. The molecule has 0 aromatic carbocycles. The zero-order valence-corrected chi connectivity index (χ0v) is 5.20. The lowest BCUT2D eigenvalue weighted by molar-refractivity contribution is 0.319. The molecule has 54 valence electrons. The van der Waals surface area contributed by atoms with Crippen LogP contribution in [0.15, 0.2) is 35.7 Å². The minimum Gasteiger partial charge on any atom is -0.503 e. The van der Waals surface area contributed by atoms with Gasteiger partial charge < -0.3 is 21.3 Å². The fourth-order valence-corrected chi connectivity index (χ4v) is 0.565. The lowest BCUT2D eigenvalue weighted by atomic mass is 10.4. The Morgan fingerprint density at radius 1 is 1.40 bits per heavy atom. The Hall–Kier alpha value is -1.58. The number of hydrogen-bond acceptors (Lipinski definition) is 4. The summed E-state index contributed by atoms with van der Waals surface area (Å²) in [7, 11) is 0. The van der Waals surface area contributed by atoms with Gasteiger partial charge in [-0.25, -0.2) is 0 Å². The van der Waals surface area contributed by atoms with Crippen molar-refractivity contribution >= 4 is 0 Å². The van der Waals surface area contributed by atoms with Crippen LogP contribution < -0.4 is 11.1 Å². The molecule has 10 heavy (non-hydrogen) atoms. The third-order valence-corrected chi connectivity index (χ3v) is 1.04. The summed E-state index contributed by atoms with van der Waals surface area (Å²) in [5.41, 5.74) is 5.70. The summed E-state index contributed by atoms with van der Waals surface area (Å²) in [6.45, 7) is 0. The number of rotatable bonds is 0. The van der Waals surface area contributed by atoms with Gasteiger partial charge in [0.2, 0.25) is 5.88 Å². The third-order valence-electron chi connectivity index (χ3n) is 1.04. The predicted molar refractivity (Wildman–Crippen MR) is 36.8 cm³/mol. The number of hydrogen-bond donors (Lipinski definition) is 4. The average molecular weight is 140 g/mol.